The third-order valence-electron chi connectivity index (χ3n) is 11.3. The summed E-state index contributed by atoms with van der Waals surface area (Å²) < 4.78 is 2.45. The Balaban J connectivity index is 1.20. The van der Waals surface area contributed by atoms with E-state index in [1.54, 1.807) is 0 Å². The molecule has 2 nitrogen and oxygen atoms in total. The maximum atomic E-state index is 2.45. The van der Waals surface area contributed by atoms with Gasteiger partial charge in [0.1, 0.15) is 0 Å². The first-order valence-electron chi connectivity index (χ1n) is 20.0. The van der Waals surface area contributed by atoms with Crippen LogP contribution in [0.1, 0.15) is 11.1 Å². The van der Waals surface area contributed by atoms with E-state index in [4.69, 9.17) is 0 Å². The van der Waals surface area contributed by atoms with E-state index in [0.29, 0.717) is 0 Å². The van der Waals surface area contributed by atoms with Crippen molar-refractivity contribution in [1.29, 1.82) is 0 Å². The van der Waals surface area contributed by atoms with Crippen molar-refractivity contribution < 1.29 is 0 Å². The molecule has 0 aliphatic rings. The quantitative estimate of drug-likeness (QED) is 0.150. The van der Waals surface area contributed by atoms with Crippen molar-refractivity contribution in [1.82, 2.24) is 4.57 Å². The van der Waals surface area contributed by atoms with Crippen molar-refractivity contribution in [2.24, 2.45) is 0 Å². The number of fused-ring (bicyclic) bond motifs is 3. The molecule has 1 aromatic heterocycles. The zero-order chi connectivity index (χ0) is 39.0. The zero-order valence-electron chi connectivity index (χ0n) is 32.7. The molecule has 0 aliphatic carbocycles. The fourth-order valence-electron chi connectivity index (χ4n) is 8.55. The van der Waals surface area contributed by atoms with E-state index in [9.17, 15) is 0 Å². The van der Waals surface area contributed by atoms with Crippen LogP contribution in [0.2, 0.25) is 0 Å². The van der Waals surface area contributed by atoms with Crippen molar-refractivity contribution in [3.05, 3.63) is 230 Å². The van der Waals surface area contributed by atoms with Gasteiger partial charge < -0.3 is 9.47 Å². The number of hydrogen-bond acceptors (Lipinski definition) is 1. The molecule has 2 heteroatoms. The van der Waals surface area contributed by atoms with Gasteiger partial charge in [0.05, 0.1) is 16.7 Å². The molecule has 9 aromatic carbocycles. The summed E-state index contributed by atoms with van der Waals surface area (Å²) in [6.07, 6.45) is 0. The van der Waals surface area contributed by atoms with E-state index < -0.39 is 0 Å². The molecule has 0 fully saturated rings. The van der Waals surface area contributed by atoms with Gasteiger partial charge in [0.25, 0.3) is 0 Å². The van der Waals surface area contributed by atoms with Crippen LogP contribution < -0.4 is 4.90 Å². The molecule has 0 N–H and O–H groups in total. The zero-order valence-corrected chi connectivity index (χ0v) is 32.7. The standard InChI is InChI=1S/C56H42N2/c1-39-15-13-21-44(35-39)49-33-31-47(37-53(49)45-22-14-16-40(2)36-45)58-55-26-12-10-24-51(55)52-34-32-48(38-56(52)58)57(46-29-27-42(28-30-46)41-17-5-3-6-18-41)54-25-11-9-23-50(54)43-19-7-4-8-20-43/h3-38H,1-2H3. The molecular formula is C56H42N2. The molecule has 1 heterocycles. The molecule has 0 bridgehead atoms. The SMILES string of the molecule is Cc1cccc(-c2ccc(-n3c4ccccc4c4ccc(N(c5ccc(-c6ccccc6)cc5)c5ccccc5-c5ccccc5)cc43)cc2-c2cccc(C)c2)c1. The maximum Gasteiger partial charge on any atom is 0.0561 e. The smallest absolute Gasteiger partial charge is 0.0561 e. The molecule has 0 spiro atoms. The Morgan fingerprint density at radius 1 is 0.328 bits per heavy atom. The van der Waals surface area contributed by atoms with Gasteiger partial charge in [-0.15, -0.1) is 0 Å². The summed E-state index contributed by atoms with van der Waals surface area (Å²) in [6, 6.07) is 79.5. The predicted octanol–water partition coefficient (Wildman–Crippen LogP) is 15.5. The second-order valence-corrected chi connectivity index (χ2v) is 15.2. The molecule has 0 aliphatic heterocycles. The number of nitrogens with zero attached hydrogens (tertiary/aromatic N) is 2. The summed E-state index contributed by atoms with van der Waals surface area (Å²) in [7, 11) is 0. The van der Waals surface area contributed by atoms with Crippen LogP contribution in [-0.4, -0.2) is 4.57 Å². The Morgan fingerprint density at radius 2 is 0.897 bits per heavy atom. The number of hydrogen-bond donors (Lipinski definition) is 0. The van der Waals surface area contributed by atoms with Crippen LogP contribution in [0.25, 0.3) is 72.0 Å². The summed E-state index contributed by atoms with van der Waals surface area (Å²) >= 11 is 0. The van der Waals surface area contributed by atoms with Crippen LogP contribution in [0.15, 0.2) is 218 Å². The minimum absolute atomic E-state index is 1.09. The first-order chi connectivity index (χ1) is 28.6. The minimum Gasteiger partial charge on any atom is -0.310 e. The van der Waals surface area contributed by atoms with Gasteiger partial charge in [-0.05, 0) is 101 Å². The van der Waals surface area contributed by atoms with E-state index in [1.165, 1.54) is 71.9 Å². The molecule has 0 amide bonds. The van der Waals surface area contributed by atoms with Crippen molar-refractivity contribution in [2.75, 3.05) is 4.90 Å². The summed E-state index contributed by atoms with van der Waals surface area (Å²) in [6.45, 7) is 4.34. The van der Waals surface area contributed by atoms with Crippen LogP contribution in [0.4, 0.5) is 17.1 Å². The number of aromatic nitrogens is 1. The van der Waals surface area contributed by atoms with Crippen molar-refractivity contribution >= 4 is 38.9 Å². The average Bonchev–Trinajstić information content (AvgIpc) is 3.61. The normalized spacial score (nSPS) is 11.3. The molecular weight excluding hydrogens is 701 g/mol. The highest BCUT2D eigenvalue weighted by Gasteiger charge is 2.21. The number of rotatable bonds is 8. The molecule has 10 aromatic rings. The van der Waals surface area contributed by atoms with E-state index >= 15 is 0 Å². The molecule has 0 saturated carbocycles. The van der Waals surface area contributed by atoms with Gasteiger partial charge in [-0.2, -0.15) is 0 Å². The van der Waals surface area contributed by atoms with Gasteiger partial charge in [0.15, 0.2) is 0 Å². The topological polar surface area (TPSA) is 8.17 Å². The molecule has 0 atom stereocenters. The first kappa shape index (κ1) is 35.0. The lowest BCUT2D eigenvalue weighted by atomic mass is 9.92. The molecule has 10 rings (SSSR count). The summed E-state index contributed by atoms with van der Waals surface area (Å²) in [5.74, 6) is 0. The summed E-state index contributed by atoms with van der Waals surface area (Å²) in [5, 5.41) is 2.45. The Hall–Kier alpha value is -7.42. The van der Waals surface area contributed by atoms with Gasteiger partial charge in [-0.1, -0.05) is 181 Å². The lowest BCUT2D eigenvalue weighted by Gasteiger charge is -2.28. The van der Waals surface area contributed by atoms with Crippen LogP contribution >= 0.6 is 0 Å². The van der Waals surface area contributed by atoms with Gasteiger partial charge >= 0.3 is 0 Å². The molecule has 0 unspecified atom stereocenters. The Kier molecular flexibility index (Phi) is 9.01. The highest BCUT2D eigenvalue weighted by Crippen LogP contribution is 2.44. The van der Waals surface area contributed by atoms with Gasteiger partial charge in [0, 0.05) is 33.4 Å². The van der Waals surface area contributed by atoms with Crippen LogP contribution in [-0.2, 0) is 0 Å². The number of para-hydroxylation sites is 2. The van der Waals surface area contributed by atoms with Crippen LogP contribution in [0, 0.1) is 13.8 Å². The monoisotopic (exact) mass is 742 g/mol. The second kappa shape index (κ2) is 14.9. The second-order valence-electron chi connectivity index (χ2n) is 15.2. The lowest BCUT2D eigenvalue weighted by molar-refractivity contribution is 1.18. The summed E-state index contributed by atoms with van der Waals surface area (Å²) in [5.41, 5.74) is 18.9. The van der Waals surface area contributed by atoms with E-state index in [0.717, 1.165) is 28.3 Å². The number of aryl methyl sites for hydroxylation is 2. The summed E-state index contributed by atoms with van der Waals surface area (Å²) in [4.78, 5) is 2.41. The molecule has 0 saturated heterocycles. The van der Waals surface area contributed by atoms with Gasteiger partial charge in [-0.25, -0.2) is 0 Å². The van der Waals surface area contributed by atoms with Crippen LogP contribution in [0.3, 0.4) is 0 Å². The third kappa shape index (κ3) is 6.45. The minimum atomic E-state index is 1.09. The fourth-order valence-corrected chi connectivity index (χ4v) is 8.55. The molecule has 58 heavy (non-hydrogen) atoms. The van der Waals surface area contributed by atoms with E-state index in [-0.39, 0.29) is 0 Å². The van der Waals surface area contributed by atoms with Crippen molar-refractivity contribution in [2.45, 2.75) is 13.8 Å². The Labute approximate surface area is 340 Å². The lowest BCUT2D eigenvalue weighted by Crippen LogP contribution is -2.11. The van der Waals surface area contributed by atoms with Crippen LogP contribution in [0.5, 0.6) is 0 Å². The molecule has 0 radical (unpaired) electrons. The third-order valence-corrected chi connectivity index (χ3v) is 11.3. The van der Waals surface area contributed by atoms with E-state index in [2.05, 4.69) is 242 Å². The number of anilines is 3. The predicted molar refractivity (Wildman–Crippen MR) is 247 cm³/mol. The largest absolute Gasteiger partial charge is 0.310 e. The Morgan fingerprint density at radius 3 is 1.62 bits per heavy atom. The van der Waals surface area contributed by atoms with E-state index in [1.807, 2.05) is 0 Å². The average molecular weight is 743 g/mol. The van der Waals surface area contributed by atoms with Gasteiger partial charge in [0.2, 0.25) is 0 Å². The maximum absolute atomic E-state index is 2.45. The highest BCUT2D eigenvalue weighted by atomic mass is 15.1. The highest BCUT2D eigenvalue weighted by molar-refractivity contribution is 6.10. The Bertz CT molecular complexity index is 3070. The fraction of sp³-hybridized carbons (Fsp3) is 0.0357. The van der Waals surface area contributed by atoms with Crippen molar-refractivity contribution in [3.8, 4) is 50.2 Å². The first-order valence-corrected chi connectivity index (χ1v) is 20.0. The van der Waals surface area contributed by atoms with Gasteiger partial charge in [-0.3, -0.25) is 0 Å². The van der Waals surface area contributed by atoms with Crippen molar-refractivity contribution in [3.63, 3.8) is 0 Å². The number of benzene rings is 9. The molecule has 276 valence electrons.